The lowest BCUT2D eigenvalue weighted by Gasteiger charge is -2.28. The summed E-state index contributed by atoms with van der Waals surface area (Å²) < 4.78 is 12.3. The monoisotopic (exact) mass is 397 g/mol. The van der Waals surface area contributed by atoms with Gasteiger partial charge in [-0.05, 0) is 44.2 Å². The van der Waals surface area contributed by atoms with Gasteiger partial charge in [0.1, 0.15) is 5.75 Å². The van der Waals surface area contributed by atoms with Crippen molar-refractivity contribution >= 4 is 38.3 Å². The molecule has 2 heterocycles. The van der Waals surface area contributed by atoms with Gasteiger partial charge in [-0.2, -0.15) is 0 Å². The van der Waals surface area contributed by atoms with Gasteiger partial charge in [-0.1, -0.05) is 29.5 Å². The molecule has 3 aromatic rings. The first kappa shape index (κ1) is 18.7. The third-order valence-electron chi connectivity index (χ3n) is 4.63. The minimum Gasteiger partial charge on any atom is -0.478 e. The third kappa shape index (κ3) is 4.10. The van der Waals surface area contributed by atoms with Crippen molar-refractivity contribution in [1.29, 1.82) is 0 Å². The number of fused-ring (bicyclic) bond motifs is 1. The molecule has 0 unspecified atom stereocenters. The zero-order chi connectivity index (χ0) is 19.6. The number of anilines is 2. The zero-order valence-corrected chi connectivity index (χ0v) is 16.8. The fourth-order valence-electron chi connectivity index (χ4n) is 3.06. The van der Waals surface area contributed by atoms with Crippen LogP contribution in [0.2, 0.25) is 0 Å². The summed E-state index contributed by atoms with van der Waals surface area (Å²) in [7, 11) is 0. The van der Waals surface area contributed by atoms with Gasteiger partial charge in [0.05, 0.1) is 23.4 Å². The Bertz CT molecular complexity index is 965. The van der Waals surface area contributed by atoms with Crippen molar-refractivity contribution < 1.29 is 14.3 Å². The maximum absolute atomic E-state index is 12.7. The fourth-order valence-corrected chi connectivity index (χ4v) is 3.96. The summed E-state index contributed by atoms with van der Waals surface area (Å²) in [5, 5.41) is 3.47. The Morgan fingerprint density at radius 3 is 2.68 bits per heavy atom. The maximum atomic E-state index is 12.7. The van der Waals surface area contributed by atoms with E-state index < -0.39 is 5.60 Å². The van der Waals surface area contributed by atoms with Crippen LogP contribution in [-0.4, -0.2) is 42.8 Å². The van der Waals surface area contributed by atoms with Crippen LogP contribution in [0.15, 0.2) is 48.5 Å². The Morgan fingerprint density at radius 2 is 1.93 bits per heavy atom. The molecule has 4 rings (SSSR count). The highest BCUT2D eigenvalue weighted by atomic mass is 32.1. The molecular formula is C21H23N3O3S. The quantitative estimate of drug-likeness (QED) is 0.707. The number of rotatable bonds is 5. The first-order chi connectivity index (χ1) is 13.5. The average molecular weight is 398 g/mol. The van der Waals surface area contributed by atoms with Crippen molar-refractivity contribution in [3.63, 3.8) is 0 Å². The number of hydrogen-bond acceptors (Lipinski definition) is 6. The number of amides is 1. The van der Waals surface area contributed by atoms with Crippen molar-refractivity contribution in [2.75, 3.05) is 36.5 Å². The van der Waals surface area contributed by atoms with Gasteiger partial charge in [-0.3, -0.25) is 10.1 Å². The number of thiazole rings is 1. The summed E-state index contributed by atoms with van der Waals surface area (Å²) in [6.07, 6.45) is 0. The Balaban J connectivity index is 1.48. The van der Waals surface area contributed by atoms with Crippen molar-refractivity contribution in [2.24, 2.45) is 0 Å². The molecule has 1 saturated heterocycles. The normalized spacial score (nSPS) is 14.9. The Hall–Kier alpha value is -2.64. The molecule has 1 amide bonds. The van der Waals surface area contributed by atoms with Crippen LogP contribution in [-0.2, 0) is 9.53 Å². The van der Waals surface area contributed by atoms with Gasteiger partial charge in [-0.15, -0.1) is 0 Å². The van der Waals surface area contributed by atoms with Crippen LogP contribution in [0, 0.1) is 0 Å². The van der Waals surface area contributed by atoms with Crippen LogP contribution in [0.3, 0.4) is 0 Å². The largest absolute Gasteiger partial charge is 0.478 e. The molecule has 6 nitrogen and oxygen atoms in total. The Kier molecular flexibility index (Phi) is 5.19. The molecule has 1 aromatic heterocycles. The van der Waals surface area contributed by atoms with Gasteiger partial charge in [0.25, 0.3) is 5.91 Å². The summed E-state index contributed by atoms with van der Waals surface area (Å²) in [6.45, 7) is 6.77. The number of para-hydroxylation sites is 1. The van der Waals surface area contributed by atoms with Crippen molar-refractivity contribution in [3.8, 4) is 5.75 Å². The van der Waals surface area contributed by atoms with E-state index in [1.807, 2.05) is 36.4 Å². The number of carbonyl (C=O) groups is 1. The smallest absolute Gasteiger partial charge is 0.269 e. The number of carbonyl (C=O) groups excluding carboxylic acids is 1. The van der Waals surface area contributed by atoms with Crippen LogP contribution < -0.4 is 15.0 Å². The number of aromatic nitrogens is 1. The van der Waals surface area contributed by atoms with E-state index in [1.165, 1.54) is 11.3 Å². The van der Waals surface area contributed by atoms with E-state index in [2.05, 4.69) is 27.3 Å². The lowest BCUT2D eigenvalue weighted by Crippen LogP contribution is -2.42. The van der Waals surface area contributed by atoms with Gasteiger partial charge in [0, 0.05) is 18.8 Å². The highest BCUT2D eigenvalue weighted by molar-refractivity contribution is 7.22. The number of morpholine rings is 1. The maximum Gasteiger partial charge on any atom is 0.269 e. The van der Waals surface area contributed by atoms with E-state index in [4.69, 9.17) is 9.47 Å². The van der Waals surface area contributed by atoms with Crippen LogP contribution in [0.25, 0.3) is 10.2 Å². The summed E-state index contributed by atoms with van der Waals surface area (Å²) in [5.74, 6) is 0.422. The second-order valence-electron chi connectivity index (χ2n) is 7.15. The van der Waals surface area contributed by atoms with E-state index in [0.717, 1.165) is 42.2 Å². The second kappa shape index (κ2) is 7.77. The Labute approximate surface area is 168 Å². The lowest BCUT2D eigenvalue weighted by atomic mass is 10.1. The van der Waals surface area contributed by atoms with Crippen LogP contribution in [0.5, 0.6) is 5.75 Å². The molecule has 1 N–H and O–H groups in total. The van der Waals surface area contributed by atoms with Crippen molar-refractivity contribution in [3.05, 3.63) is 48.5 Å². The van der Waals surface area contributed by atoms with Crippen molar-refractivity contribution in [2.45, 2.75) is 19.4 Å². The van der Waals surface area contributed by atoms with E-state index >= 15 is 0 Å². The predicted octanol–water partition coefficient (Wildman–Crippen LogP) is 3.93. The highest BCUT2D eigenvalue weighted by Gasteiger charge is 2.30. The average Bonchev–Trinajstić information content (AvgIpc) is 3.10. The molecule has 28 heavy (non-hydrogen) atoms. The topological polar surface area (TPSA) is 63.7 Å². The molecule has 0 saturated carbocycles. The highest BCUT2D eigenvalue weighted by Crippen LogP contribution is 2.31. The molecule has 0 spiro atoms. The minimum atomic E-state index is -1.02. The van der Waals surface area contributed by atoms with Crippen LogP contribution in [0.1, 0.15) is 13.8 Å². The molecule has 1 aliphatic heterocycles. The molecule has 0 atom stereocenters. The van der Waals surface area contributed by atoms with Gasteiger partial charge in [-0.25, -0.2) is 4.98 Å². The molecule has 7 heteroatoms. The molecule has 2 aromatic carbocycles. The van der Waals surface area contributed by atoms with E-state index in [0.29, 0.717) is 10.9 Å². The third-order valence-corrected chi connectivity index (χ3v) is 5.57. The SMILES string of the molecule is CC(C)(Oc1ccccc1)C(=O)Nc1nc2ccc(N3CCOCC3)cc2s1. The van der Waals surface area contributed by atoms with Crippen LogP contribution >= 0.6 is 11.3 Å². The molecule has 1 fully saturated rings. The number of ether oxygens (including phenoxy) is 2. The van der Waals surface area contributed by atoms with Gasteiger partial charge in [0.2, 0.25) is 0 Å². The van der Waals surface area contributed by atoms with Gasteiger partial charge >= 0.3 is 0 Å². The van der Waals surface area contributed by atoms with E-state index in [1.54, 1.807) is 13.8 Å². The number of hydrogen-bond donors (Lipinski definition) is 1. The van der Waals surface area contributed by atoms with E-state index in [-0.39, 0.29) is 5.91 Å². The molecule has 0 aliphatic carbocycles. The Morgan fingerprint density at radius 1 is 1.18 bits per heavy atom. The zero-order valence-electron chi connectivity index (χ0n) is 16.0. The molecule has 0 bridgehead atoms. The van der Waals surface area contributed by atoms with Crippen molar-refractivity contribution in [1.82, 2.24) is 4.98 Å². The molecule has 0 radical (unpaired) electrons. The van der Waals surface area contributed by atoms with Crippen LogP contribution in [0.4, 0.5) is 10.8 Å². The fraction of sp³-hybridized carbons (Fsp3) is 0.333. The number of nitrogens with one attached hydrogen (secondary N) is 1. The second-order valence-corrected chi connectivity index (χ2v) is 8.18. The first-order valence-electron chi connectivity index (χ1n) is 9.30. The molecular weight excluding hydrogens is 374 g/mol. The summed E-state index contributed by atoms with van der Waals surface area (Å²) in [6, 6.07) is 15.5. The predicted molar refractivity (Wildman–Crippen MR) is 112 cm³/mol. The van der Waals surface area contributed by atoms with Gasteiger partial charge < -0.3 is 14.4 Å². The van der Waals surface area contributed by atoms with Gasteiger partial charge in [0.15, 0.2) is 10.7 Å². The first-order valence-corrected chi connectivity index (χ1v) is 10.1. The number of nitrogens with zero attached hydrogens (tertiary/aromatic N) is 2. The summed E-state index contributed by atoms with van der Waals surface area (Å²) >= 11 is 1.47. The standard InChI is InChI=1S/C21H23N3O3S/c1-21(2,27-16-6-4-3-5-7-16)19(25)23-20-22-17-9-8-15(14-18(17)28-20)24-10-12-26-13-11-24/h3-9,14H,10-13H2,1-2H3,(H,22,23,25). The minimum absolute atomic E-state index is 0.233. The molecule has 146 valence electrons. The van der Waals surface area contributed by atoms with E-state index in [9.17, 15) is 4.79 Å². The number of benzene rings is 2. The summed E-state index contributed by atoms with van der Waals surface area (Å²) in [4.78, 5) is 19.6. The molecule has 1 aliphatic rings. The summed E-state index contributed by atoms with van der Waals surface area (Å²) in [5.41, 5.74) is 1.02. The lowest BCUT2D eigenvalue weighted by molar-refractivity contribution is -0.128.